The summed E-state index contributed by atoms with van der Waals surface area (Å²) >= 11 is 0. The Balaban J connectivity index is 1.85. The van der Waals surface area contributed by atoms with Crippen LogP contribution in [0.3, 0.4) is 0 Å². The fourth-order valence-corrected chi connectivity index (χ4v) is 2.86. The molecule has 1 heterocycles. The summed E-state index contributed by atoms with van der Waals surface area (Å²) in [6, 6.07) is 9.06. The second-order valence-corrected chi connectivity index (χ2v) is 6.78. The monoisotopic (exact) mass is 289 g/mol. The third kappa shape index (κ3) is 6.16. The summed E-state index contributed by atoms with van der Waals surface area (Å²) in [4.78, 5) is 5.02. The van der Waals surface area contributed by atoms with Crippen molar-refractivity contribution < 1.29 is 0 Å². The molecule has 0 atom stereocenters. The first-order chi connectivity index (χ1) is 10.1. The van der Waals surface area contributed by atoms with Crippen molar-refractivity contribution in [2.45, 2.75) is 33.4 Å². The summed E-state index contributed by atoms with van der Waals surface area (Å²) in [5.41, 5.74) is 2.85. The zero-order valence-electron chi connectivity index (χ0n) is 13.9. The molecular weight excluding hydrogens is 258 g/mol. The van der Waals surface area contributed by atoms with Gasteiger partial charge in [0.25, 0.3) is 0 Å². The van der Waals surface area contributed by atoms with E-state index in [-0.39, 0.29) is 0 Å². The largest absolute Gasteiger partial charge is 0.312 e. The zero-order chi connectivity index (χ0) is 15.1. The van der Waals surface area contributed by atoms with Crippen LogP contribution in [-0.4, -0.2) is 49.6 Å². The van der Waals surface area contributed by atoms with Crippen LogP contribution in [0.15, 0.2) is 24.3 Å². The standard InChI is InChI=1S/C18H31N3/c1-16(2)13-19-14-17-6-4-7-18(12-17)15-21-9-5-8-20(3)10-11-21/h4,6-7,12,16,19H,5,8-11,13-15H2,1-3H3. The maximum Gasteiger partial charge on any atom is 0.0234 e. The molecule has 118 valence electrons. The fourth-order valence-electron chi connectivity index (χ4n) is 2.86. The average molecular weight is 289 g/mol. The highest BCUT2D eigenvalue weighted by atomic mass is 15.2. The Labute approximate surface area is 130 Å². The van der Waals surface area contributed by atoms with Gasteiger partial charge in [0.15, 0.2) is 0 Å². The molecule has 0 saturated carbocycles. The lowest BCUT2D eigenvalue weighted by atomic mass is 10.1. The van der Waals surface area contributed by atoms with Crippen LogP contribution in [0.25, 0.3) is 0 Å². The van der Waals surface area contributed by atoms with Crippen molar-refractivity contribution in [1.82, 2.24) is 15.1 Å². The molecular formula is C18H31N3. The molecule has 0 unspecified atom stereocenters. The molecule has 1 aromatic carbocycles. The van der Waals surface area contributed by atoms with Gasteiger partial charge < -0.3 is 10.2 Å². The maximum absolute atomic E-state index is 3.53. The van der Waals surface area contributed by atoms with Crippen LogP contribution in [0.2, 0.25) is 0 Å². The summed E-state index contributed by atoms with van der Waals surface area (Å²) < 4.78 is 0. The minimum atomic E-state index is 0.710. The molecule has 21 heavy (non-hydrogen) atoms. The minimum Gasteiger partial charge on any atom is -0.312 e. The smallest absolute Gasteiger partial charge is 0.0234 e. The van der Waals surface area contributed by atoms with Gasteiger partial charge in [-0.15, -0.1) is 0 Å². The van der Waals surface area contributed by atoms with Crippen molar-refractivity contribution in [2.24, 2.45) is 5.92 Å². The molecule has 0 amide bonds. The van der Waals surface area contributed by atoms with Crippen molar-refractivity contribution in [1.29, 1.82) is 0 Å². The van der Waals surface area contributed by atoms with Crippen LogP contribution in [0.1, 0.15) is 31.4 Å². The van der Waals surface area contributed by atoms with E-state index in [0.717, 1.165) is 19.6 Å². The molecule has 1 aliphatic heterocycles. The molecule has 2 rings (SSSR count). The van der Waals surface area contributed by atoms with Crippen LogP contribution in [0, 0.1) is 5.92 Å². The summed E-state index contributed by atoms with van der Waals surface area (Å²) in [6.07, 6.45) is 1.28. The quantitative estimate of drug-likeness (QED) is 0.868. The molecule has 1 aliphatic rings. The van der Waals surface area contributed by atoms with Gasteiger partial charge in [0.05, 0.1) is 0 Å². The summed E-state index contributed by atoms with van der Waals surface area (Å²) in [5, 5.41) is 3.53. The molecule has 3 nitrogen and oxygen atoms in total. The van der Waals surface area contributed by atoms with Gasteiger partial charge >= 0.3 is 0 Å². The van der Waals surface area contributed by atoms with Crippen LogP contribution >= 0.6 is 0 Å². The van der Waals surface area contributed by atoms with E-state index >= 15 is 0 Å². The third-order valence-electron chi connectivity index (χ3n) is 4.09. The number of nitrogens with zero attached hydrogens (tertiary/aromatic N) is 2. The molecule has 1 N–H and O–H groups in total. The van der Waals surface area contributed by atoms with E-state index in [1.165, 1.54) is 43.7 Å². The van der Waals surface area contributed by atoms with E-state index in [1.807, 2.05) is 0 Å². The van der Waals surface area contributed by atoms with Gasteiger partial charge in [-0.2, -0.15) is 0 Å². The van der Waals surface area contributed by atoms with E-state index < -0.39 is 0 Å². The molecule has 3 heteroatoms. The van der Waals surface area contributed by atoms with Crippen molar-refractivity contribution in [3.63, 3.8) is 0 Å². The van der Waals surface area contributed by atoms with Crippen LogP contribution in [-0.2, 0) is 13.1 Å². The van der Waals surface area contributed by atoms with Gasteiger partial charge in [0.1, 0.15) is 0 Å². The van der Waals surface area contributed by atoms with Gasteiger partial charge in [-0.05, 0) is 50.1 Å². The minimum absolute atomic E-state index is 0.710. The van der Waals surface area contributed by atoms with Gasteiger partial charge in [-0.3, -0.25) is 4.90 Å². The lowest BCUT2D eigenvalue weighted by Crippen LogP contribution is -2.28. The Bertz CT molecular complexity index is 417. The number of hydrogen-bond acceptors (Lipinski definition) is 3. The van der Waals surface area contributed by atoms with E-state index in [9.17, 15) is 0 Å². The topological polar surface area (TPSA) is 18.5 Å². The zero-order valence-corrected chi connectivity index (χ0v) is 13.9. The lowest BCUT2D eigenvalue weighted by molar-refractivity contribution is 0.269. The molecule has 0 bridgehead atoms. The summed E-state index contributed by atoms with van der Waals surface area (Å²) in [6.45, 7) is 12.5. The predicted molar refractivity (Wildman–Crippen MR) is 90.4 cm³/mol. The first kappa shape index (κ1) is 16.5. The molecule has 0 radical (unpaired) electrons. The predicted octanol–water partition coefficient (Wildman–Crippen LogP) is 2.57. The number of rotatable bonds is 6. The highest BCUT2D eigenvalue weighted by Gasteiger charge is 2.12. The van der Waals surface area contributed by atoms with Crippen molar-refractivity contribution in [3.05, 3.63) is 35.4 Å². The number of likely N-dealkylation sites (N-methyl/N-ethyl adjacent to an activating group) is 1. The number of benzene rings is 1. The highest BCUT2D eigenvalue weighted by molar-refractivity contribution is 5.23. The van der Waals surface area contributed by atoms with Crippen LogP contribution < -0.4 is 5.32 Å². The Morgan fingerprint density at radius 2 is 1.90 bits per heavy atom. The molecule has 0 aliphatic carbocycles. The highest BCUT2D eigenvalue weighted by Crippen LogP contribution is 2.11. The van der Waals surface area contributed by atoms with E-state index in [2.05, 4.69) is 60.3 Å². The summed E-state index contributed by atoms with van der Waals surface area (Å²) in [7, 11) is 2.23. The van der Waals surface area contributed by atoms with Gasteiger partial charge in [-0.25, -0.2) is 0 Å². The van der Waals surface area contributed by atoms with Crippen molar-refractivity contribution in [2.75, 3.05) is 39.8 Å². The van der Waals surface area contributed by atoms with Gasteiger partial charge in [0.2, 0.25) is 0 Å². The Hall–Kier alpha value is -0.900. The molecule has 1 fully saturated rings. The Kier molecular flexibility index (Phi) is 6.68. The second kappa shape index (κ2) is 8.52. The SMILES string of the molecule is CC(C)CNCc1cccc(CN2CCCN(C)CC2)c1. The number of hydrogen-bond donors (Lipinski definition) is 1. The third-order valence-corrected chi connectivity index (χ3v) is 4.09. The van der Waals surface area contributed by atoms with E-state index in [4.69, 9.17) is 0 Å². The normalized spacial score (nSPS) is 18.1. The number of nitrogens with one attached hydrogen (secondary N) is 1. The molecule has 1 saturated heterocycles. The van der Waals surface area contributed by atoms with Crippen LogP contribution in [0.5, 0.6) is 0 Å². The molecule has 1 aromatic rings. The van der Waals surface area contributed by atoms with Crippen molar-refractivity contribution >= 4 is 0 Å². The van der Waals surface area contributed by atoms with E-state index in [1.54, 1.807) is 0 Å². The fraction of sp³-hybridized carbons (Fsp3) is 0.667. The Morgan fingerprint density at radius 1 is 1.10 bits per heavy atom. The molecule has 0 aromatic heterocycles. The second-order valence-electron chi connectivity index (χ2n) is 6.78. The first-order valence-corrected chi connectivity index (χ1v) is 8.33. The molecule has 0 spiro atoms. The van der Waals surface area contributed by atoms with Gasteiger partial charge in [-0.1, -0.05) is 38.1 Å². The average Bonchev–Trinajstić information content (AvgIpc) is 2.64. The first-order valence-electron chi connectivity index (χ1n) is 8.33. The lowest BCUT2D eigenvalue weighted by Gasteiger charge is -2.20. The van der Waals surface area contributed by atoms with Crippen LogP contribution in [0.4, 0.5) is 0 Å². The van der Waals surface area contributed by atoms with E-state index in [0.29, 0.717) is 5.92 Å². The van der Waals surface area contributed by atoms with Crippen molar-refractivity contribution in [3.8, 4) is 0 Å². The van der Waals surface area contributed by atoms with Gasteiger partial charge in [0, 0.05) is 26.2 Å². The maximum atomic E-state index is 3.53. The summed E-state index contributed by atoms with van der Waals surface area (Å²) in [5.74, 6) is 0.710. The Morgan fingerprint density at radius 3 is 2.71 bits per heavy atom.